The zero-order chi connectivity index (χ0) is 22.0. The van der Waals surface area contributed by atoms with Gasteiger partial charge in [-0.15, -0.1) is 0 Å². The van der Waals surface area contributed by atoms with Crippen LogP contribution in [0.3, 0.4) is 0 Å². The number of carbonyl (C=O) groups is 2. The highest BCUT2D eigenvalue weighted by molar-refractivity contribution is 5.81. The molecule has 1 rings (SSSR count). The second-order valence-corrected chi connectivity index (χ2v) is 9.48. The molecule has 6 N–H and O–H groups in total. The minimum absolute atomic E-state index is 0.0306. The van der Waals surface area contributed by atoms with E-state index in [0.29, 0.717) is 12.5 Å². The molecule has 0 heterocycles. The fourth-order valence-electron chi connectivity index (χ4n) is 4.17. The Labute approximate surface area is 176 Å². The number of hydrogen-bond acceptors (Lipinski definition) is 3. The van der Waals surface area contributed by atoms with Crippen LogP contribution >= 0.6 is 0 Å². The summed E-state index contributed by atoms with van der Waals surface area (Å²) in [5.74, 6) is -0.280. The van der Waals surface area contributed by atoms with Gasteiger partial charge in [-0.3, -0.25) is 14.6 Å². The predicted octanol–water partition coefficient (Wildman–Crippen LogP) is 3.27. The lowest BCUT2D eigenvalue weighted by Crippen LogP contribution is -2.52. The van der Waals surface area contributed by atoms with Crippen LogP contribution in [0.2, 0.25) is 0 Å². The van der Waals surface area contributed by atoms with E-state index >= 15 is 0 Å². The van der Waals surface area contributed by atoms with Crippen LogP contribution < -0.4 is 16.8 Å². The van der Waals surface area contributed by atoms with Gasteiger partial charge in [-0.25, -0.2) is 0 Å². The number of aliphatic imine (C=N–C) groups is 1. The van der Waals surface area contributed by atoms with Crippen molar-refractivity contribution in [3.8, 4) is 0 Å². The van der Waals surface area contributed by atoms with Crippen molar-refractivity contribution in [1.29, 1.82) is 0 Å². The molecule has 1 amide bonds. The Balaban J connectivity index is 2.77. The van der Waals surface area contributed by atoms with Gasteiger partial charge in [0.25, 0.3) is 0 Å². The maximum absolute atomic E-state index is 13.1. The number of guanidine groups is 1. The number of nitrogens with two attached hydrogens (primary N) is 2. The minimum Gasteiger partial charge on any atom is -0.481 e. The molecule has 2 atom stereocenters. The zero-order valence-electron chi connectivity index (χ0n) is 18.7. The van der Waals surface area contributed by atoms with Crippen LogP contribution in [0.4, 0.5) is 0 Å². The first-order valence-electron chi connectivity index (χ1n) is 11.1. The van der Waals surface area contributed by atoms with Crippen molar-refractivity contribution < 1.29 is 14.7 Å². The Hall–Kier alpha value is -1.79. The van der Waals surface area contributed by atoms with E-state index in [2.05, 4.69) is 10.3 Å². The maximum Gasteiger partial charge on any atom is 0.311 e. The van der Waals surface area contributed by atoms with Gasteiger partial charge >= 0.3 is 5.97 Å². The lowest BCUT2D eigenvalue weighted by molar-refractivity contribution is -0.149. The van der Waals surface area contributed by atoms with Gasteiger partial charge in [0.1, 0.15) is 0 Å². The fourth-order valence-corrected chi connectivity index (χ4v) is 4.17. The highest BCUT2D eigenvalue weighted by Crippen LogP contribution is 2.33. The number of nitrogens with zero attached hydrogens (tertiary/aromatic N) is 1. The van der Waals surface area contributed by atoms with Crippen molar-refractivity contribution in [2.75, 3.05) is 6.54 Å². The van der Waals surface area contributed by atoms with Crippen LogP contribution in [0, 0.1) is 23.2 Å². The summed E-state index contributed by atoms with van der Waals surface area (Å²) in [5.41, 5.74) is 9.69. The first-order chi connectivity index (χ1) is 13.6. The first-order valence-corrected chi connectivity index (χ1v) is 11.1. The van der Waals surface area contributed by atoms with E-state index in [0.717, 1.165) is 38.5 Å². The number of unbranched alkanes of at least 4 members (excludes halogenated alkanes) is 1. The third-order valence-corrected chi connectivity index (χ3v) is 6.39. The number of hydrogen-bond donors (Lipinski definition) is 4. The first kappa shape index (κ1) is 25.2. The Morgan fingerprint density at radius 3 is 2.28 bits per heavy atom. The number of nitrogens with one attached hydrogen (secondary N) is 1. The van der Waals surface area contributed by atoms with E-state index in [9.17, 15) is 14.7 Å². The van der Waals surface area contributed by atoms with Crippen molar-refractivity contribution in [2.45, 2.75) is 91.5 Å². The molecule has 0 aromatic rings. The smallest absolute Gasteiger partial charge is 0.311 e. The summed E-state index contributed by atoms with van der Waals surface area (Å²) >= 11 is 0. The van der Waals surface area contributed by atoms with Gasteiger partial charge in [-0.2, -0.15) is 0 Å². The molecule has 1 saturated carbocycles. The molecule has 0 aliphatic heterocycles. The molecule has 0 bridgehead atoms. The van der Waals surface area contributed by atoms with Gasteiger partial charge < -0.3 is 21.9 Å². The van der Waals surface area contributed by atoms with Gasteiger partial charge in [0, 0.05) is 18.5 Å². The second kappa shape index (κ2) is 12.0. The fraction of sp³-hybridized carbons (Fsp3) is 0.864. The van der Waals surface area contributed by atoms with Crippen molar-refractivity contribution in [2.24, 2.45) is 39.6 Å². The molecule has 1 unspecified atom stereocenters. The summed E-state index contributed by atoms with van der Waals surface area (Å²) < 4.78 is 0. The topological polar surface area (TPSA) is 131 Å². The van der Waals surface area contributed by atoms with Gasteiger partial charge in [0.05, 0.1) is 5.41 Å². The SMILES string of the molecule is CC(C)[C@@H](CCCCN=C(N)N)C(=O)NC(CC1CCCCC1)C(C)(C)C(=O)O. The van der Waals surface area contributed by atoms with Gasteiger partial charge in [-0.05, 0) is 44.9 Å². The molecule has 0 aromatic heterocycles. The Bertz CT molecular complexity index is 550. The van der Waals surface area contributed by atoms with E-state index in [1.807, 2.05) is 13.8 Å². The Morgan fingerprint density at radius 2 is 1.76 bits per heavy atom. The number of carboxylic acid groups (broad SMARTS) is 1. The van der Waals surface area contributed by atoms with Crippen LogP contribution in [0.25, 0.3) is 0 Å². The van der Waals surface area contributed by atoms with Crippen LogP contribution in [-0.4, -0.2) is 35.5 Å². The van der Waals surface area contributed by atoms with Crippen LogP contribution in [0.15, 0.2) is 4.99 Å². The molecular formula is C22H42N4O3. The number of aliphatic carboxylic acids is 1. The molecule has 29 heavy (non-hydrogen) atoms. The molecule has 0 radical (unpaired) electrons. The molecule has 1 aliphatic carbocycles. The number of carboxylic acids is 1. The number of carbonyl (C=O) groups excluding carboxylic acids is 1. The minimum atomic E-state index is -0.998. The molecule has 7 heteroatoms. The maximum atomic E-state index is 13.1. The monoisotopic (exact) mass is 410 g/mol. The van der Waals surface area contributed by atoms with Gasteiger partial charge in [-0.1, -0.05) is 52.4 Å². The molecule has 0 saturated heterocycles. The summed E-state index contributed by atoms with van der Waals surface area (Å²) in [4.78, 5) is 29.0. The average Bonchev–Trinajstić information content (AvgIpc) is 2.64. The van der Waals surface area contributed by atoms with Crippen LogP contribution in [-0.2, 0) is 9.59 Å². The van der Waals surface area contributed by atoms with Gasteiger partial charge in [0.2, 0.25) is 5.91 Å². The van der Waals surface area contributed by atoms with Crippen molar-refractivity contribution in [3.63, 3.8) is 0 Å². The summed E-state index contributed by atoms with van der Waals surface area (Å²) in [5, 5.41) is 12.9. The lowest BCUT2D eigenvalue weighted by Gasteiger charge is -2.36. The summed E-state index contributed by atoms with van der Waals surface area (Å²) in [6.45, 7) is 8.09. The highest BCUT2D eigenvalue weighted by atomic mass is 16.4. The molecule has 1 fully saturated rings. The number of amides is 1. The predicted molar refractivity (Wildman–Crippen MR) is 117 cm³/mol. The van der Waals surface area contributed by atoms with Gasteiger partial charge in [0.15, 0.2) is 5.96 Å². The normalized spacial score (nSPS) is 17.6. The standard InChI is InChI=1S/C22H42N4O3/c1-15(2)17(12-8-9-13-25-21(23)24)19(27)26-18(22(3,4)20(28)29)14-16-10-6-5-7-11-16/h15-18H,5-14H2,1-4H3,(H,26,27)(H,28,29)(H4,23,24,25)/t17-,18?/m1/s1. The number of rotatable bonds is 12. The summed E-state index contributed by atoms with van der Waals surface area (Å²) in [7, 11) is 0. The third-order valence-electron chi connectivity index (χ3n) is 6.39. The largest absolute Gasteiger partial charge is 0.481 e. The zero-order valence-corrected chi connectivity index (χ0v) is 18.7. The molecule has 0 aromatic carbocycles. The lowest BCUT2D eigenvalue weighted by atomic mass is 9.75. The third kappa shape index (κ3) is 8.62. The van der Waals surface area contributed by atoms with E-state index < -0.39 is 11.4 Å². The van der Waals surface area contributed by atoms with E-state index in [4.69, 9.17) is 11.5 Å². The van der Waals surface area contributed by atoms with Crippen LogP contribution in [0.5, 0.6) is 0 Å². The summed E-state index contributed by atoms with van der Waals surface area (Å²) in [6, 6.07) is -0.363. The average molecular weight is 411 g/mol. The van der Waals surface area contributed by atoms with E-state index in [-0.39, 0.29) is 29.7 Å². The molecule has 168 valence electrons. The Morgan fingerprint density at radius 1 is 1.14 bits per heavy atom. The van der Waals surface area contributed by atoms with Crippen LogP contribution in [0.1, 0.15) is 85.5 Å². The van der Waals surface area contributed by atoms with Crippen molar-refractivity contribution >= 4 is 17.8 Å². The quantitative estimate of drug-likeness (QED) is 0.223. The van der Waals surface area contributed by atoms with E-state index in [1.54, 1.807) is 13.8 Å². The second-order valence-electron chi connectivity index (χ2n) is 9.48. The Kier molecular flexibility index (Phi) is 10.5. The van der Waals surface area contributed by atoms with E-state index in [1.165, 1.54) is 19.3 Å². The molecule has 1 aliphatic rings. The molecule has 7 nitrogen and oxygen atoms in total. The van der Waals surface area contributed by atoms with Crippen molar-refractivity contribution in [3.05, 3.63) is 0 Å². The van der Waals surface area contributed by atoms with Crippen molar-refractivity contribution in [1.82, 2.24) is 5.32 Å². The molecular weight excluding hydrogens is 368 g/mol. The highest BCUT2D eigenvalue weighted by Gasteiger charge is 2.40. The molecule has 0 spiro atoms. The summed E-state index contributed by atoms with van der Waals surface area (Å²) in [6.07, 6.45) is 9.05.